The van der Waals surface area contributed by atoms with Crippen LogP contribution >= 0.6 is 0 Å². The summed E-state index contributed by atoms with van der Waals surface area (Å²) in [5.41, 5.74) is -1.59. The molecule has 0 aliphatic heterocycles. The van der Waals surface area contributed by atoms with Crippen molar-refractivity contribution < 1.29 is 18.3 Å². The Morgan fingerprint density at radius 1 is 1.25 bits per heavy atom. The lowest BCUT2D eigenvalue weighted by atomic mass is 10.3. The van der Waals surface area contributed by atoms with Crippen LogP contribution < -0.4 is 0 Å². The van der Waals surface area contributed by atoms with E-state index in [-0.39, 0.29) is 0 Å². The zero-order valence-electron chi connectivity index (χ0n) is 5.84. The topological polar surface area (TPSA) is 46.0 Å². The first-order chi connectivity index (χ1) is 5.55. The Kier molecular flexibility index (Phi) is 2.27. The number of rotatable bonds is 1. The monoisotopic (exact) mass is 178 g/mol. The molecule has 0 unspecified atom stereocenters. The summed E-state index contributed by atoms with van der Waals surface area (Å²) in [4.78, 5) is 6.40. The molecular formula is C6H5F3N2O. The van der Waals surface area contributed by atoms with Gasteiger partial charge in [-0.15, -0.1) is 0 Å². The molecule has 0 amide bonds. The molecule has 0 spiro atoms. The molecule has 0 aliphatic rings. The van der Waals surface area contributed by atoms with Gasteiger partial charge < -0.3 is 5.11 Å². The van der Waals surface area contributed by atoms with E-state index < -0.39 is 24.2 Å². The molecule has 0 bridgehead atoms. The summed E-state index contributed by atoms with van der Waals surface area (Å²) >= 11 is 0. The van der Waals surface area contributed by atoms with Crippen molar-refractivity contribution in [1.29, 1.82) is 0 Å². The summed E-state index contributed by atoms with van der Waals surface area (Å²) < 4.78 is 36.1. The quantitative estimate of drug-likeness (QED) is 0.697. The molecule has 0 saturated carbocycles. The van der Waals surface area contributed by atoms with Crippen LogP contribution in [-0.4, -0.2) is 15.1 Å². The third-order valence-electron chi connectivity index (χ3n) is 1.19. The number of aliphatic hydroxyl groups is 1. The van der Waals surface area contributed by atoms with Gasteiger partial charge in [-0.25, -0.2) is 4.98 Å². The average Bonchev–Trinajstić information content (AvgIpc) is 2.03. The van der Waals surface area contributed by atoms with Crippen molar-refractivity contribution in [3.8, 4) is 0 Å². The Bertz CT molecular complexity index is 274. The van der Waals surface area contributed by atoms with Crippen molar-refractivity contribution in [2.45, 2.75) is 12.8 Å². The summed E-state index contributed by atoms with van der Waals surface area (Å²) in [5.74, 6) is 0. The molecule has 1 aromatic rings. The van der Waals surface area contributed by atoms with Gasteiger partial charge in [-0.3, -0.25) is 4.98 Å². The second-order valence-corrected chi connectivity index (χ2v) is 2.01. The summed E-state index contributed by atoms with van der Waals surface area (Å²) in [6.07, 6.45) is -2.52. The van der Waals surface area contributed by atoms with Crippen molar-refractivity contribution in [2.75, 3.05) is 0 Å². The van der Waals surface area contributed by atoms with E-state index in [2.05, 4.69) is 9.97 Å². The highest BCUT2D eigenvalue weighted by Gasteiger charge is 2.35. The smallest absolute Gasteiger partial charge is 0.390 e. The average molecular weight is 178 g/mol. The third kappa shape index (κ3) is 1.70. The fourth-order valence-corrected chi connectivity index (χ4v) is 0.719. The second kappa shape index (κ2) is 3.06. The first-order valence-electron chi connectivity index (χ1n) is 3.03. The lowest BCUT2D eigenvalue weighted by Gasteiger charge is -2.07. The highest BCUT2D eigenvalue weighted by Crippen LogP contribution is 2.28. The van der Waals surface area contributed by atoms with Crippen molar-refractivity contribution in [1.82, 2.24) is 9.97 Å². The highest BCUT2D eigenvalue weighted by atomic mass is 19.4. The van der Waals surface area contributed by atoms with Crippen LogP contribution in [0.4, 0.5) is 13.2 Å². The molecule has 0 saturated heterocycles. The molecule has 1 rings (SSSR count). The minimum Gasteiger partial charge on any atom is -0.390 e. The molecule has 6 heteroatoms. The summed E-state index contributed by atoms with van der Waals surface area (Å²) in [6.45, 7) is -0.761. The van der Waals surface area contributed by atoms with Gasteiger partial charge in [0.05, 0.1) is 12.3 Å². The molecule has 3 nitrogen and oxygen atoms in total. The van der Waals surface area contributed by atoms with Crippen LogP contribution in [0.15, 0.2) is 12.4 Å². The van der Waals surface area contributed by atoms with Gasteiger partial charge in [-0.1, -0.05) is 0 Å². The lowest BCUT2D eigenvalue weighted by molar-refractivity contribution is -0.142. The first-order valence-corrected chi connectivity index (χ1v) is 3.03. The predicted molar refractivity (Wildman–Crippen MR) is 33.0 cm³/mol. The number of halogens is 3. The Balaban J connectivity index is 3.14. The Hall–Kier alpha value is -1.17. The summed E-state index contributed by atoms with van der Waals surface area (Å²) in [5, 5.41) is 8.48. The van der Waals surface area contributed by atoms with E-state index in [9.17, 15) is 13.2 Å². The van der Waals surface area contributed by atoms with Crippen molar-refractivity contribution in [2.24, 2.45) is 0 Å². The van der Waals surface area contributed by atoms with Crippen LogP contribution in [0, 0.1) is 0 Å². The van der Waals surface area contributed by atoms with Crippen LogP contribution in [0.25, 0.3) is 0 Å². The minimum absolute atomic E-state index is 0.454. The Morgan fingerprint density at radius 2 is 1.83 bits per heavy atom. The molecule has 1 N–H and O–H groups in total. The standard InChI is InChI=1S/C6H5F3N2O/c7-6(8,9)5-4(3-12)10-1-2-11-5/h1-2,12H,3H2. The van der Waals surface area contributed by atoms with E-state index in [1.807, 2.05) is 0 Å². The van der Waals surface area contributed by atoms with Gasteiger partial charge in [0, 0.05) is 12.4 Å². The molecule has 1 aromatic heterocycles. The summed E-state index contributed by atoms with van der Waals surface area (Å²) in [6, 6.07) is 0. The normalized spacial score (nSPS) is 11.7. The van der Waals surface area contributed by atoms with E-state index in [4.69, 9.17) is 5.11 Å². The molecule has 0 atom stereocenters. The highest BCUT2D eigenvalue weighted by molar-refractivity contribution is 5.12. The molecule has 1 heterocycles. The Morgan fingerprint density at radius 3 is 2.25 bits per heavy atom. The fraction of sp³-hybridized carbons (Fsp3) is 0.333. The molecule has 66 valence electrons. The minimum atomic E-state index is -4.55. The fourth-order valence-electron chi connectivity index (χ4n) is 0.719. The first kappa shape index (κ1) is 8.92. The van der Waals surface area contributed by atoms with Gasteiger partial charge >= 0.3 is 6.18 Å². The number of hydrogen-bond acceptors (Lipinski definition) is 3. The number of aromatic nitrogens is 2. The maximum atomic E-state index is 12.0. The molecule has 0 aromatic carbocycles. The van der Waals surface area contributed by atoms with E-state index in [1.54, 1.807) is 0 Å². The van der Waals surface area contributed by atoms with Gasteiger partial charge in [0.1, 0.15) is 0 Å². The van der Waals surface area contributed by atoms with E-state index >= 15 is 0 Å². The SMILES string of the molecule is OCc1nccnc1C(F)(F)F. The van der Waals surface area contributed by atoms with Crippen LogP contribution in [0.5, 0.6) is 0 Å². The number of nitrogens with zero attached hydrogens (tertiary/aromatic N) is 2. The summed E-state index contributed by atoms with van der Waals surface area (Å²) in [7, 11) is 0. The maximum Gasteiger partial charge on any atom is 0.435 e. The zero-order valence-corrected chi connectivity index (χ0v) is 5.84. The van der Waals surface area contributed by atoms with Crippen molar-refractivity contribution in [3.05, 3.63) is 23.8 Å². The van der Waals surface area contributed by atoms with Gasteiger partial charge in [0.25, 0.3) is 0 Å². The van der Waals surface area contributed by atoms with Crippen LogP contribution in [-0.2, 0) is 12.8 Å². The zero-order chi connectivity index (χ0) is 9.19. The van der Waals surface area contributed by atoms with Crippen molar-refractivity contribution in [3.63, 3.8) is 0 Å². The third-order valence-corrected chi connectivity index (χ3v) is 1.19. The van der Waals surface area contributed by atoms with Crippen molar-refractivity contribution >= 4 is 0 Å². The predicted octanol–water partition coefficient (Wildman–Crippen LogP) is 0.988. The molecule has 0 radical (unpaired) electrons. The Labute approximate surface area is 65.9 Å². The van der Waals surface area contributed by atoms with Gasteiger partial charge in [-0.05, 0) is 0 Å². The molecule has 0 fully saturated rings. The van der Waals surface area contributed by atoms with Gasteiger partial charge in [0.15, 0.2) is 5.69 Å². The molecule has 0 aliphatic carbocycles. The largest absolute Gasteiger partial charge is 0.435 e. The van der Waals surface area contributed by atoms with E-state index in [0.717, 1.165) is 12.4 Å². The molecule has 12 heavy (non-hydrogen) atoms. The van der Waals surface area contributed by atoms with Crippen LogP contribution in [0.3, 0.4) is 0 Å². The maximum absolute atomic E-state index is 12.0. The second-order valence-electron chi connectivity index (χ2n) is 2.01. The number of aliphatic hydroxyl groups excluding tert-OH is 1. The van der Waals surface area contributed by atoms with Gasteiger partial charge in [-0.2, -0.15) is 13.2 Å². The van der Waals surface area contributed by atoms with Crippen LogP contribution in [0.2, 0.25) is 0 Å². The lowest BCUT2D eigenvalue weighted by Crippen LogP contribution is -2.13. The van der Waals surface area contributed by atoms with E-state index in [0.29, 0.717) is 0 Å². The molecular weight excluding hydrogens is 173 g/mol. The van der Waals surface area contributed by atoms with E-state index in [1.165, 1.54) is 0 Å². The van der Waals surface area contributed by atoms with Crippen LogP contribution in [0.1, 0.15) is 11.4 Å². The number of alkyl halides is 3. The number of hydrogen-bond donors (Lipinski definition) is 1. The van der Waals surface area contributed by atoms with Gasteiger partial charge in [0.2, 0.25) is 0 Å².